The first kappa shape index (κ1) is 13.9. The molecule has 1 aromatic rings. The van der Waals surface area contributed by atoms with Crippen molar-refractivity contribution in [1.82, 2.24) is 4.90 Å². The number of phenolic OH excluding ortho intramolecular Hbond substituents is 1. The Morgan fingerprint density at radius 2 is 2.16 bits per heavy atom. The predicted octanol–water partition coefficient (Wildman–Crippen LogP) is 2.13. The fourth-order valence-corrected chi connectivity index (χ4v) is 2.71. The molecule has 1 N–H and O–H groups in total. The van der Waals surface area contributed by atoms with E-state index in [0.29, 0.717) is 11.6 Å². The second kappa shape index (κ2) is 5.61. The van der Waals surface area contributed by atoms with Crippen molar-refractivity contribution < 1.29 is 9.90 Å². The smallest absolute Gasteiger partial charge is 0.163 e. The van der Waals surface area contributed by atoms with Crippen LogP contribution in [0.3, 0.4) is 0 Å². The van der Waals surface area contributed by atoms with Crippen molar-refractivity contribution >= 4 is 11.5 Å². The molecule has 1 unspecified atom stereocenters. The molecule has 19 heavy (non-hydrogen) atoms. The number of benzene rings is 1. The number of piperazine rings is 1. The highest BCUT2D eigenvalue weighted by Gasteiger charge is 2.23. The van der Waals surface area contributed by atoms with Gasteiger partial charge in [-0.15, -0.1) is 0 Å². The van der Waals surface area contributed by atoms with Crippen LogP contribution in [0.1, 0.15) is 31.1 Å². The third kappa shape index (κ3) is 2.89. The van der Waals surface area contributed by atoms with E-state index in [2.05, 4.69) is 23.6 Å². The topological polar surface area (TPSA) is 43.8 Å². The molecule has 0 saturated carbocycles. The van der Waals surface area contributed by atoms with Gasteiger partial charge in [-0.25, -0.2) is 0 Å². The Kier molecular flexibility index (Phi) is 4.10. The Bertz CT molecular complexity index is 473. The number of phenols is 1. The molecular weight excluding hydrogens is 240 g/mol. The molecule has 1 saturated heterocycles. The molecule has 1 atom stereocenters. The van der Waals surface area contributed by atoms with Gasteiger partial charge in [0, 0.05) is 37.4 Å². The van der Waals surface area contributed by atoms with E-state index in [-0.39, 0.29) is 11.5 Å². The molecule has 2 rings (SSSR count). The molecule has 0 radical (unpaired) electrons. The maximum Gasteiger partial charge on any atom is 0.163 e. The molecule has 1 aliphatic rings. The van der Waals surface area contributed by atoms with Crippen molar-refractivity contribution in [2.45, 2.75) is 26.8 Å². The van der Waals surface area contributed by atoms with Crippen LogP contribution in [0.2, 0.25) is 0 Å². The van der Waals surface area contributed by atoms with Crippen molar-refractivity contribution in [3.8, 4) is 5.75 Å². The lowest BCUT2D eigenvalue weighted by molar-refractivity contribution is 0.101. The zero-order chi connectivity index (χ0) is 14.0. The van der Waals surface area contributed by atoms with E-state index in [1.165, 1.54) is 6.92 Å². The third-order valence-electron chi connectivity index (χ3n) is 3.90. The van der Waals surface area contributed by atoms with E-state index in [1.807, 2.05) is 6.07 Å². The second-order valence-electron chi connectivity index (χ2n) is 5.18. The first-order valence-corrected chi connectivity index (χ1v) is 6.86. The average molecular weight is 262 g/mol. The number of ketones is 1. The van der Waals surface area contributed by atoms with E-state index in [4.69, 9.17) is 0 Å². The van der Waals surface area contributed by atoms with Crippen LogP contribution in [0, 0.1) is 0 Å². The Labute approximate surface area is 114 Å². The molecule has 1 aliphatic heterocycles. The third-order valence-corrected chi connectivity index (χ3v) is 3.90. The number of carbonyl (C=O) groups excluding carboxylic acids is 1. The van der Waals surface area contributed by atoms with Crippen molar-refractivity contribution in [2.75, 3.05) is 31.1 Å². The Hall–Kier alpha value is -1.55. The summed E-state index contributed by atoms with van der Waals surface area (Å²) in [5.74, 6) is -0.0243. The average Bonchev–Trinajstić information content (AvgIpc) is 2.38. The molecule has 1 heterocycles. The highest BCUT2D eigenvalue weighted by Crippen LogP contribution is 2.26. The molecule has 1 fully saturated rings. The predicted molar refractivity (Wildman–Crippen MR) is 77.0 cm³/mol. The van der Waals surface area contributed by atoms with Gasteiger partial charge in [-0.2, -0.15) is 0 Å². The zero-order valence-electron chi connectivity index (χ0n) is 11.9. The lowest BCUT2D eigenvalue weighted by Crippen LogP contribution is -2.51. The number of hydrogen-bond acceptors (Lipinski definition) is 4. The number of rotatable bonds is 3. The SMILES string of the molecule is CCN1CCN(c2ccc(C(C)=O)c(O)c2)CC1C. The van der Waals surface area contributed by atoms with Crippen LogP contribution in [-0.2, 0) is 0 Å². The number of Topliss-reactive ketones (excluding diaryl/α,β-unsaturated/α-hetero) is 1. The van der Waals surface area contributed by atoms with Crippen molar-refractivity contribution in [3.05, 3.63) is 23.8 Å². The minimum Gasteiger partial charge on any atom is -0.507 e. The fraction of sp³-hybridized carbons (Fsp3) is 0.533. The van der Waals surface area contributed by atoms with Gasteiger partial charge in [0.2, 0.25) is 0 Å². The Morgan fingerprint density at radius 1 is 1.42 bits per heavy atom. The molecule has 0 aliphatic carbocycles. The van der Waals surface area contributed by atoms with Crippen molar-refractivity contribution in [1.29, 1.82) is 0 Å². The maximum atomic E-state index is 11.3. The summed E-state index contributed by atoms with van der Waals surface area (Å²) in [6.07, 6.45) is 0. The molecule has 104 valence electrons. The maximum absolute atomic E-state index is 11.3. The molecule has 0 aromatic heterocycles. The minimum absolute atomic E-state index is 0.0792. The first-order valence-electron chi connectivity index (χ1n) is 6.86. The van der Waals surface area contributed by atoms with E-state index in [9.17, 15) is 9.90 Å². The number of hydrogen-bond donors (Lipinski definition) is 1. The van der Waals surface area contributed by atoms with E-state index in [1.54, 1.807) is 12.1 Å². The summed E-state index contributed by atoms with van der Waals surface area (Å²) in [5, 5.41) is 9.90. The van der Waals surface area contributed by atoms with Gasteiger partial charge in [0.05, 0.1) is 5.56 Å². The van der Waals surface area contributed by atoms with Gasteiger partial charge < -0.3 is 10.0 Å². The summed E-state index contributed by atoms with van der Waals surface area (Å²) in [6, 6.07) is 5.84. The van der Waals surface area contributed by atoms with E-state index in [0.717, 1.165) is 31.9 Å². The summed E-state index contributed by atoms with van der Waals surface area (Å²) >= 11 is 0. The van der Waals surface area contributed by atoms with Crippen LogP contribution < -0.4 is 4.90 Å². The molecule has 1 aromatic carbocycles. The van der Waals surface area contributed by atoms with Gasteiger partial charge in [0.25, 0.3) is 0 Å². The van der Waals surface area contributed by atoms with Crippen LogP contribution in [0.15, 0.2) is 18.2 Å². The lowest BCUT2D eigenvalue weighted by atomic mass is 10.1. The first-order chi connectivity index (χ1) is 9.02. The molecule has 0 amide bonds. The van der Waals surface area contributed by atoms with Gasteiger partial charge in [0.15, 0.2) is 5.78 Å². The van der Waals surface area contributed by atoms with Crippen LogP contribution in [-0.4, -0.2) is 48.0 Å². The number of carbonyl (C=O) groups is 1. The van der Waals surface area contributed by atoms with E-state index < -0.39 is 0 Å². The monoisotopic (exact) mass is 262 g/mol. The van der Waals surface area contributed by atoms with Crippen molar-refractivity contribution in [3.63, 3.8) is 0 Å². The van der Waals surface area contributed by atoms with Gasteiger partial charge in [-0.1, -0.05) is 6.92 Å². The van der Waals surface area contributed by atoms with Crippen LogP contribution in [0.5, 0.6) is 5.75 Å². The Balaban J connectivity index is 2.15. The Morgan fingerprint density at radius 3 is 2.68 bits per heavy atom. The van der Waals surface area contributed by atoms with Crippen LogP contribution >= 0.6 is 0 Å². The molecule has 0 bridgehead atoms. The quantitative estimate of drug-likeness (QED) is 0.847. The summed E-state index contributed by atoms with van der Waals surface area (Å²) < 4.78 is 0. The summed E-state index contributed by atoms with van der Waals surface area (Å²) in [7, 11) is 0. The highest BCUT2D eigenvalue weighted by atomic mass is 16.3. The largest absolute Gasteiger partial charge is 0.507 e. The molecule has 0 spiro atoms. The summed E-state index contributed by atoms with van der Waals surface area (Å²) in [6.45, 7) is 9.88. The zero-order valence-corrected chi connectivity index (χ0v) is 11.9. The van der Waals surface area contributed by atoms with Crippen molar-refractivity contribution in [2.24, 2.45) is 0 Å². The normalized spacial score (nSPS) is 20.6. The van der Waals surface area contributed by atoms with Crippen LogP contribution in [0.25, 0.3) is 0 Å². The molecular formula is C15H22N2O2. The minimum atomic E-state index is -0.103. The van der Waals surface area contributed by atoms with E-state index >= 15 is 0 Å². The number of nitrogens with zero attached hydrogens (tertiary/aromatic N) is 2. The highest BCUT2D eigenvalue weighted by molar-refractivity contribution is 5.97. The fourth-order valence-electron chi connectivity index (χ4n) is 2.71. The lowest BCUT2D eigenvalue weighted by Gasteiger charge is -2.40. The second-order valence-corrected chi connectivity index (χ2v) is 5.18. The molecule has 4 nitrogen and oxygen atoms in total. The standard InChI is InChI=1S/C15H22N2O2/c1-4-16-7-8-17(10-11(16)2)13-5-6-14(12(3)18)15(19)9-13/h5-6,9,11,19H,4,7-8,10H2,1-3H3. The summed E-state index contributed by atoms with van der Waals surface area (Å²) in [4.78, 5) is 16.0. The van der Waals surface area contributed by atoms with Gasteiger partial charge in [-0.3, -0.25) is 9.69 Å². The van der Waals surface area contributed by atoms with Crippen LogP contribution in [0.4, 0.5) is 5.69 Å². The summed E-state index contributed by atoms with van der Waals surface area (Å²) in [5.41, 5.74) is 1.38. The number of aromatic hydroxyl groups is 1. The van der Waals surface area contributed by atoms with Gasteiger partial charge in [-0.05, 0) is 32.5 Å². The van der Waals surface area contributed by atoms with Gasteiger partial charge >= 0.3 is 0 Å². The molecule has 4 heteroatoms. The number of likely N-dealkylation sites (N-methyl/N-ethyl adjacent to an activating group) is 1. The van der Waals surface area contributed by atoms with Gasteiger partial charge in [0.1, 0.15) is 5.75 Å². The number of anilines is 1.